The van der Waals surface area contributed by atoms with Gasteiger partial charge < -0.3 is 10.2 Å². The van der Waals surface area contributed by atoms with Crippen molar-refractivity contribution in [3.63, 3.8) is 0 Å². The van der Waals surface area contributed by atoms with Gasteiger partial charge in [0.25, 0.3) is 5.91 Å². The molecule has 0 saturated carbocycles. The Morgan fingerprint density at radius 1 is 1.42 bits per heavy atom. The lowest BCUT2D eigenvalue weighted by Gasteiger charge is -2.36. The number of nitrogens with one attached hydrogen (secondary N) is 1. The maximum absolute atomic E-state index is 13.6. The van der Waals surface area contributed by atoms with E-state index in [2.05, 4.69) is 15.3 Å². The zero-order valence-corrected chi connectivity index (χ0v) is 16.1. The molecule has 1 saturated heterocycles. The summed E-state index contributed by atoms with van der Waals surface area (Å²) in [5.41, 5.74) is 0.943. The van der Waals surface area contributed by atoms with Crippen LogP contribution in [0.2, 0.25) is 5.02 Å². The van der Waals surface area contributed by atoms with Crippen LogP contribution in [0.5, 0.6) is 0 Å². The van der Waals surface area contributed by atoms with Gasteiger partial charge in [-0.3, -0.25) is 4.79 Å². The van der Waals surface area contributed by atoms with E-state index in [0.29, 0.717) is 25.5 Å². The summed E-state index contributed by atoms with van der Waals surface area (Å²) in [6.07, 6.45) is 1.47. The molecular formula is C18H21Cl2FN4O. The standard InChI is InChI=1S/C18H20ClFN4O.ClH/c1-11(2)17-22-9-14(19)16(23-17)18(25)24-7-6-21-10-15(24)12-4-3-5-13(20)8-12;/h3-5,8-9,11,15,21H,6-7,10H2,1-2H3;1H. The number of halogens is 3. The van der Waals surface area contributed by atoms with Crippen molar-refractivity contribution in [2.24, 2.45) is 0 Å². The molecule has 3 rings (SSSR count). The van der Waals surface area contributed by atoms with Crippen LogP contribution in [0.1, 0.15) is 47.7 Å². The number of carbonyl (C=O) groups is 1. The first-order valence-corrected chi connectivity index (χ1v) is 8.64. The molecule has 1 atom stereocenters. The summed E-state index contributed by atoms with van der Waals surface area (Å²) in [4.78, 5) is 23.3. The summed E-state index contributed by atoms with van der Waals surface area (Å²) in [6, 6.07) is 6.05. The Balaban J connectivity index is 0.00000243. The zero-order valence-electron chi connectivity index (χ0n) is 14.6. The molecule has 1 fully saturated rings. The molecule has 0 bridgehead atoms. The van der Waals surface area contributed by atoms with E-state index in [1.807, 2.05) is 19.9 Å². The van der Waals surface area contributed by atoms with Gasteiger partial charge in [0.15, 0.2) is 5.69 Å². The average Bonchev–Trinajstić information content (AvgIpc) is 2.61. The van der Waals surface area contributed by atoms with Crippen LogP contribution in [-0.2, 0) is 0 Å². The van der Waals surface area contributed by atoms with Crippen molar-refractivity contribution >= 4 is 29.9 Å². The maximum Gasteiger partial charge on any atom is 0.274 e. The van der Waals surface area contributed by atoms with Gasteiger partial charge in [0.1, 0.15) is 11.6 Å². The van der Waals surface area contributed by atoms with Gasteiger partial charge in [0, 0.05) is 25.6 Å². The SMILES string of the molecule is CC(C)c1ncc(Cl)c(C(=O)N2CCNCC2c2cccc(F)c2)n1.Cl. The molecule has 0 spiro atoms. The highest BCUT2D eigenvalue weighted by molar-refractivity contribution is 6.33. The lowest BCUT2D eigenvalue weighted by Crippen LogP contribution is -2.49. The second kappa shape index (κ2) is 8.75. The van der Waals surface area contributed by atoms with Crippen molar-refractivity contribution in [3.8, 4) is 0 Å². The van der Waals surface area contributed by atoms with Crippen molar-refractivity contribution in [3.05, 3.63) is 58.4 Å². The van der Waals surface area contributed by atoms with Gasteiger partial charge in [0.05, 0.1) is 17.3 Å². The van der Waals surface area contributed by atoms with Crippen LogP contribution >= 0.6 is 24.0 Å². The van der Waals surface area contributed by atoms with E-state index in [1.165, 1.54) is 18.3 Å². The largest absolute Gasteiger partial charge is 0.328 e. The van der Waals surface area contributed by atoms with Gasteiger partial charge in [-0.05, 0) is 17.7 Å². The maximum atomic E-state index is 13.6. The van der Waals surface area contributed by atoms with Crippen LogP contribution in [0.15, 0.2) is 30.5 Å². The summed E-state index contributed by atoms with van der Waals surface area (Å²) < 4.78 is 13.6. The molecule has 2 aromatic rings. The van der Waals surface area contributed by atoms with Crippen molar-refractivity contribution in [1.82, 2.24) is 20.2 Å². The average molecular weight is 399 g/mol. The highest BCUT2D eigenvalue weighted by Crippen LogP contribution is 2.26. The fourth-order valence-electron chi connectivity index (χ4n) is 2.90. The molecule has 1 aliphatic heterocycles. The van der Waals surface area contributed by atoms with E-state index >= 15 is 0 Å². The van der Waals surface area contributed by atoms with Gasteiger partial charge in [0.2, 0.25) is 0 Å². The van der Waals surface area contributed by atoms with Crippen LogP contribution < -0.4 is 5.32 Å². The number of rotatable bonds is 3. The number of benzene rings is 1. The lowest BCUT2D eigenvalue weighted by molar-refractivity contribution is 0.0627. The van der Waals surface area contributed by atoms with Crippen LogP contribution in [-0.4, -0.2) is 40.4 Å². The third-order valence-corrected chi connectivity index (χ3v) is 4.50. The highest BCUT2D eigenvalue weighted by Gasteiger charge is 2.31. The molecule has 1 N–H and O–H groups in total. The lowest BCUT2D eigenvalue weighted by atomic mass is 10.0. The molecule has 2 heterocycles. The van der Waals surface area contributed by atoms with Crippen LogP contribution in [0.25, 0.3) is 0 Å². The second-order valence-electron chi connectivity index (χ2n) is 6.35. The molecule has 0 aliphatic carbocycles. The van der Waals surface area contributed by atoms with Gasteiger partial charge >= 0.3 is 0 Å². The summed E-state index contributed by atoms with van der Waals surface area (Å²) in [5.74, 6) is 0.0822. The Hall–Kier alpha value is -1.76. The predicted octanol–water partition coefficient (Wildman–Crippen LogP) is 3.60. The van der Waals surface area contributed by atoms with Gasteiger partial charge in [-0.1, -0.05) is 37.6 Å². The van der Waals surface area contributed by atoms with E-state index in [0.717, 1.165) is 5.56 Å². The zero-order chi connectivity index (χ0) is 18.0. The monoisotopic (exact) mass is 398 g/mol. The third kappa shape index (κ3) is 4.31. The molecule has 5 nitrogen and oxygen atoms in total. The topological polar surface area (TPSA) is 58.1 Å². The number of aromatic nitrogens is 2. The van der Waals surface area contributed by atoms with E-state index in [1.54, 1.807) is 11.0 Å². The fraction of sp³-hybridized carbons (Fsp3) is 0.389. The van der Waals surface area contributed by atoms with Crippen LogP contribution in [0.4, 0.5) is 4.39 Å². The molecule has 1 aromatic carbocycles. The van der Waals surface area contributed by atoms with Gasteiger partial charge in [-0.2, -0.15) is 0 Å². The molecule has 1 unspecified atom stereocenters. The molecule has 1 aliphatic rings. The number of piperazine rings is 1. The first-order chi connectivity index (χ1) is 12.0. The number of hydrogen-bond acceptors (Lipinski definition) is 4. The number of amides is 1. The Morgan fingerprint density at radius 3 is 2.88 bits per heavy atom. The van der Waals surface area contributed by atoms with Crippen LogP contribution in [0, 0.1) is 5.82 Å². The Bertz CT molecular complexity index is 788. The minimum atomic E-state index is -0.322. The number of hydrogen-bond donors (Lipinski definition) is 1. The molecular weight excluding hydrogens is 378 g/mol. The molecule has 140 valence electrons. The van der Waals surface area contributed by atoms with Gasteiger partial charge in [-0.25, -0.2) is 14.4 Å². The summed E-state index contributed by atoms with van der Waals surface area (Å²) in [7, 11) is 0. The van der Waals surface area contributed by atoms with E-state index in [-0.39, 0.29) is 46.8 Å². The normalized spacial score (nSPS) is 17.1. The Labute approximate surface area is 163 Å². The fourth-order valence-corrected chi connectivity index (χ4v) is 3.08. The van der Waals surface area contributed by atoms with Crippen molar-refractivity contribution < 1.29 is 9.18 Å². The summed E-state index contributed by atoms with van der Waals surface area (Å²) >= 11 is 6.19. The van der Waals surface area contributed by atoms with Crippen molar-refractivity contribution in [2.45, 2.75) is 25.8 Å². The number of nitrogens with zero attached hydrogens (tertiary/aromatic N) is 3. The van der Waals surface area contributed by atoms with E-state index < -0.39 is 0 Å². The second-order valence-corrected chi connectivity index (χ2v) is 6.76. The van der Waals surface area contributed by atoms with E-state index in [4.69, 9.17) is 11.6 Å². The Morgan fingerprint density at radius 2 is 2.19 bits per heavy atom. The smallest absolute Gasteiger partial charge is 0.274 e. The molecule has 8 heteroatoms. The predicted molar refractivity (Wildman–Crippen MR) is 101 cm³/mol. The quantitative estimate of drug-likeness (QED) is 0.857. The molecule has 0 radical (unpaired) electrons. The van der Waals surface area contributed by atoms with Crippen molar-refractivity contribution in [2.75, 3.05) is 19.6 Å². The minimum absolute atomic E-state index is 0. The molecule has 1 amide bonds. The molecule has 1 aromatic heterocycles. The minimum Gasteiger partial charge on any atom is -0.328 e. The summed E-state index contributed by atoms with van der Waals surface area (Å²) in [6.45, 7) is 5.62. The third-order valence-electron chi connectivity index (χ3n) is 4.22. The summed E-state index contributed by atoms with van der Waals surface area (Å²) in [5, 5.41) is 3.48. The Kier molecular flexibility index (Phi) is 6.92. The van der Waals surface area contributed by atoms with Crippen molar-refractivity contribution in [1.29, 1.82) is 0 Å². The first kappa shape index (κ1) is 20.6. The molecule has 26 heavy (non-hydrogen) atoms. The number of carbonyl (C=O) groups excluding carboxylic acids is 1. The highest BCUT2D eigenvalue weighted by atomic mass is 35.5. The van der Waals surface area contributed by atoms with Gasteiger partial charge in [-0.15, -0.1) is 12.4 Å². The first-order valence-electron chi connectivity index (χ1n) is 8.27. The van der Waals surface area contributed by atoms with Crippen LogP contribution in [0.3, 0.4) is 0 Å². The van der Waals surface area contributed by atoms with E-state index in [9.17, 15) is 9.18 Å².